The van der Waals surface area contributed by atoms with E-state index in [9.17, 15) is 4.79 Å². The summed E-state index contributed by atoms with van der Waals surface area (Å²) in [6.45, 7) is 7.03. The van der Waals surface area contributed by atoms with Crippen molar-refractivity contribution < 1.29 is 4.79 Å². The number of aromatic nitrogens is 2. The maximum Gasteiger partial charge on any atom is 0.225 e. The molecule has 1 amide bonds. The fourth-order valence-electron chi connectivity index (χ4n) is 4.78. The highest BCUT2D eigenvalue weighted by Gasteiger charge is 2.31. The molecule has 2 N–H and O–H groups in total. The van der Waals surface area contributed by atoms with Gasteiger partial charge in [-0.3, -0.25) is 4.79 Å². The van der Waals surface area contributed by atoms with Gasteiger partial charge in [0.2, 0.25) is 5.91 Å². The molecule has 1 saturated carbocycles. The number of hydrogen-bond acceptors (Lipinski definition) is 3. The minimum Gasteiger partial charge on any atom is -0.357 e. The summed E-state index contributed by atoms with van der Waals surface area (Å²) in [5, 5.41) is 11.5. The summed E-state index contributed by atoms with van der Waals surface area (Å²) in [5.41, 5.74) is 3.16. The highest BCUT2D eigenvalue weighted by Crippen LogP contribution is 2.26. The molecule has 1 aliphatic heterocycles. The fourth-order valence-corrected chi connectivity index (χ4v) is 4.78. The normalized spacial score (nSPS) is 19.9. The molecule has 1 atom stereocenters. The van der Waals surface area contributed by atoms with Crippen molar-refractivity contribution in [2.45, 2.75) is 65.0 Å². The molecule has 2 aromatic rings. The van der Waals surface area contributed by atoms with Crippen LogP contribution in [0.5, 0.6) is 0 Å². The predicted octanol–water partition coefficient (Wildman–Crippen LogP) is 3.42. The van der Waals surface area contributed by atoms with E-state index in [1.54, 1.807) is 0 Å². The largest absolute Gasteiger partial charge is 0.357 e. The van der Waals surface area contributed by atoms with Crippen molar-refractivity contribution in [1.82, 2.24) is 25.3 Å². The van der Waals surface area contributed by atoms with Gasteiger partial charge in [0.25, 0.3) is 0 Å². The van der Waals surface area contributed by atoms with Crippen LogP contribution in [0.3, 0.4) is 0 Å². The van der Waals surface area contributed by atoms with Gasteiger partial charge in [-0.15, -0.1) is 0 Å². The number of benzene rings is 1. The molecule has 32 heavy (non-hydrogen) atoms. The molecule has 1 saturated heterocycles. The summed E-state index contributed by atoms with van der Waals surface area (Å²) >= 11 is 0. The summed E-state index contributed by atoms with van der Waals surface area (Å²) in [7, 11) is 0. The molecule has 4 rings (SSSR count). The van der Waals surface area contributed by atoms with Gasteiger partial charge in [0.05, 0.1) is 17.9 Å². The monoisotopic (exact) mass is 436 g/mol. The molecule has 1 unspecified atom stereocenters. The number of rotatable bonds is 6. The molecule has 2 fully saturated rings. The number of nitrogens with zero attached hydrogens (tertiary/aromatic N) is 4. The first kappa shape index (κ1) is 22.4. The summed E-state index contributed by atoms with van der Waals surface area (Å²) in [4.78, 5) is 19.8. The first-order valence-electron chi connectivity index (χ1n) is 12.1. The lowest BCUT2D eigenvalue weighted by atomic mass is 9.88. The quantitative estimate of drug-likeness (QED) is 0.538. The van der Waals surface area contributed by atoms with Gasteiger partial charge in [0.15, 0.2) is 5.96 Å². The van der Waals surface area contributed by atoms with E-state index in [-0.39, 0.29) is 12.0 Å². The van der Waals surface area contributed by atoms with Gasteiger partial charge in [0, 0.05) is 37.8 Å². The third-order valence-electron chi connectivity index (χ3n) is 6.51. The topological polar surface area (TPSA) is 74.6 Å². The summed E-state index contributed by atoms with van der Waals surface area (Å²) < 4.78 is 1.91. The van der Waals surface area contributed by atoms with Gasteiger partial charge in [-0.1, -0.05) is 37.5 Å². The molecule has 1 aliphatic carbocycles. The number of para-hydroxylation sites is 1. The number of likely N-dealkylation sites (tertiary alicyclic amines) is 1. The minimum atomic E-state index is 0.240. The summed E-state index contributed by atoms with van der Waals surface area (Å²) in [5.74, 6) is 1.40. The Morgan fingerprint density at radius 1 is 1.16 bits per heavy atom. The van der Waals surface area contributed by atoms with Crippen LogP contribution in [0.1, 0.15) is 56.7 Å². The molecule has 2 aliphatic rings. The summed E-state index contributed by atoms with van der Waals surface area (Å²) in [6, 6.07) is 10.5. The smallest absolute Gasteiger partial charge is 0.225 e. The van der Waals surface area contributed by atoms with E-state index in [2.05, 4.69) is 39.7 Å². The molecule has 1 aromatic heterocycles. The zero-order valence-corrected chi connectivity index (χ0v) is 19.4. The van der Waals surface area contributed by atoms with Crippen molar-refractivity contribution in [3.05, 3.63) is 47.8 Å². The van der Waals surface area contributed by atoms with Crippen LogP contribution in [-0.4, -0.2) is 52.2 Å². The molecule has 1 aromatic carbocycles. The van der Waals surface area contributed by atoms with Crippen LogP contribution in [0, 0.1) is 12.8 Å². The van der Waals surface area contributed by atoms with Gasteiger partial charge in [-0.25, -0.2) is 9.67 Å². The number of hydrogen-bond donors (Lipinski definition) is 2. The van der Waals surface area contributed by atoms with Crippen molar-refractivity contribution in [1.29, 1.82) is 0 Å². The lowest BCUT2D eigenvalue weighted by Crippen LogP contribution is -2.45. The van der Waals surface area contributed by atoms with E-state index >= 15 is 0 Å². The van der Waals surface area contributed by atoms with E-state index in [1.165, 1.54) is 19.3 Å². The number of carbonyl (C=O) groups excluding carboxylic acids is 1. The van der Waals surface area contributed by atoms with Gasteiger partial charge in [-0.2, -0.15) is 5.10 Å². The average Bonchev–Trinajstić information content (AvgIpc) is 3.47. The molecule has 0 spiro atoms. The van der Waals surface area contributed by atoms with Gasteiger partial charge >= 0.3 is 0 Å². The predicted molar refractivity (Wildman–Crippen MR) is 128 cm³/mol. The van der Waals surface area contributed by atoms with Crippen LogP contribution in [-0.2, 0) is 11.3 Å². The van der Waals surface area contributed by atoms with Crippen molar-refractivity contribution in [3.63, 3.8) is 0 Å². The molecule has 0 bridgehead atoms. The second kappa shape index (κ2) is 10.7. The molecule has 172 valence electrons. The van der Waals surface area contributed by atoms with Crippen molar-refractivity contribution in [2.24, 2.45) is 10.9 Å². The molecule has 2 heterocycles. The van der Waals surface area contributed by atoms with Crippen LogP contribution in [0.2, 0.25) is 0 Å². The molecular formula is C25H36N6O. The zero-order valence-electron chi connectivity index (χ0n) is 19.4. The van der Waals surface area contributed by atoms with E-state index in [4.69, 9.17) is 4.99 Å². The van der Waals surface area contributed by atoms with Gasteiger partial charge < -0.3 is 15.5 Å². The number of amides is 1. The Balaban J connectivity index is 1.39. The number of aryl methyl sites for hydroxylation is 1. The molecule has 7 nitrogen and oxygen atoms in total. The second-order valence-electron chi connectivity index (χ2n) is 8.97. The van der Waals surface area contributed by atoms with Crippen LogP contribution < -0.4 is 10.6 Å². The zero-order chi connectivity index (χ0) is 22.3. The Morgan fingerprint density at radius 2 is 1.97 bits per heavy atom. The second-order valence-corrected chi connectivity index (χ2v) is 8.97. The van der Waals surface area contributed by atoms with Crippen molar-refractivity contribution in [3.8, 4) is 5.69 Å². The maximum atomic E-state index is 12.9. The van der Waals surface area contributed by atoms with Crippen LogP contribution in [0.4, 0.5) is 0 Å². The summed E-state index contributed by atoms with van der Waals surface area (Å²) in [6.07, 6.45) is 8.74. The molecule has 7 heteroatoms. The number of guanidine groups is 1. The Labute approximate surface area is 191 Å². The first-order valence-corrected chi connectivity index (χ1v) is 12.1. The van der Waals surface area contributed by atoms with Crippen LogP contribution in [0.25, 0.3) is 5.69 Å². The van der Waals surface area contributed by atoms with E-state index in [1.807, 2.05) is 36.0 Å². The maximum absolute atomic E-state index is 12.9. The number of carbonyl (C=O) groups is 1. The van der Waals surface area contributed by atoms with Crippen LogP contribution in [0.15, 0.2) is 41.5 Å². The third kappa shape index (κ3) is 5.50. The molecule has 0 radical (unpaired) electrons. The standard InChI is InChI=1S/C25H36N6O/c1-3-26-25(27-17-21-11-7-8-12-23(21)31-16-13-19(2)29-31)28-22-14-15-30(18-22)24(32)20-9-5-4-6-10-20/h7-8,11-13,16,20,22H,3-6,9-10,14-15,17-18H2,1-2H3,(H2,26,27,28). The van der Waals surface area contributed by atoms with E-state index in [0.29, 0.717) is 12.5 Å². The van der Waals surface area contributed by atoms with Crippen molar-refractivity contribution >= 4 is 11.9 Å². The van der Waals surface area contributed by atoms with Gasteiger partial charge in [-0.05, 0) is 50.8 Å². The Kier molecular flexibility index (Phi) is 7.45. The Morgan fingerprint density at radius 3 is 2.72 bits per heavy atom. The van der Waals surface area contributed by atoms with E-state index < -0.39 is 0 Å². The first-order chi connectivity index (χ1) is 15.6. The lowest BCUT2D eigenvalue weighted by Gasteiger charge is -2.26. The Bertz CT molecular complexity index is 930. The third-order valence-corrected chi connectivity index (χ3v) is 6.51. The SMILES string of the molecule is CCNC(=NCc1ccccc1-n1ccc(C)n1)NC1CCN(C(=O)C2CCCCC2)C1. The minimum absolute atomic E-state index is 0.240. The van der Waals surface area contributed by atoms with E-state index in [0.717, 1.165) is 61.8 Å². The van der Waals surface area contributed by atoms with Gasteiger partial charge in [0.1, 0.15) is 0 Å². The fraction of sp³-hybridized carbons (Fsp3) is 0.560. The average molecular weight is 437 g/mol. The Hall–Kier alpha value is -2.83. The number of aliphatic imine (C=N–C) groups is 1. The molecular weight excluding hydrogens is 400 g/mol. The highest BCUT2D eigenvalue weighted by atomic mass is 16.2. The van der Waals surface area contributed by atoms with Crippen LogP contribution >= 0.6 is 0 Å². The lowest BCUT2D eigenvalue weighted by molar-refractivity contribution is -0.135. The number of nitrogens with one attached hydrogen (secondary N) is 2. The van der Waals surface area contributed by atoms with Crippen molar-refractivity contribution in [2.75, 3.05) is 19.6 Å². The highest BCUT2D eigenvalue weighted by molar-refractivity contribution is 5.81.